The maximum Gasteiger partial charge on any atom is 0.335 e. The highest BCUT2D eigenvalue weighted by Gasteiger charge is 2.14. The number of nitrogens with zero attached hydrogens (tertiary/aromatic N) is 2. The molecule has 6 heteroatoms. The molecule has 0 radical (unpaired) electrons. The second-order valence-corrected chi connectivity index (χ2v) is 8.62. The number of aromatic carboxylic acids is 1. The Balaban J connectivity index is 1.66. The standard InChI is InChI=1S/C26H25N3O2S/c1-4-17-6-8-18(9-7-17)22-14-15-23(32-22)25-27-16(3)21(5-2)24(29-25)28-20-12-10-19(11-13-20)26(30)31/h6-15H,4-5H2,1-3H3,(H,30,31)(H,27,28,29). The Bertz CT molecular complexity index is 1250. The number of thiophene rings is 1. The molecule has 2 N–H and O–H groups in total. The molecule has 32 heavy (non-hydrogen) atoms. The second-order valence-electron chi connectivity index (χ2n) is 7.54. The van der Waals surface area contributed by atoms with Crippen LogP contribution in [0.2, 0.25) is 0 Å². The van der Waals surface area contributed by atoms with Gasteiger partial charge >= 0.3 is 5.97 Å². The Labute approximate surface area is 191 Å². The van der Waals surface area contributed by atoms with Crippen molar-refractivity contribution in [1.29, 1.82) is 0 Å². The molecule has 0 unspecified atom stereocenters. The van der Waals surface area contributed by atoms with Crippen LogP contribution in [-0.4, -0.2) is 21.0 Å². The Morgan fingerprint density at radius 3 is 2.22 bits per heavy atom. The van der Waals surface area contributed by atoms with E-state index >= 15 is 0 Å². The van der Waals surface area contributed by atoms with E-state index in [2.05, 4.69) is 55.6 Å². The number of carboxylic acids is 1. The van der Waals surface area contributed by atoms with Crippen LogP contribution in [0.5, 0.6) is 0 Å². The fourth-order valence-electron chi connectivity index (χ4n) is 3.58. The smallest absolute Gasteiger partial charge is 0.335 e. The average molecular weight is 444 g/mol. The van der Waals surface area contributed by atoms with Crippen LogP contribution in [0.4, 0.5) is 11.5 Å². The molecule has 0 spiro atoms. The first-order valence-electron chi connectivity index (χ1n) is 10.7. The van der Waals surface area contributed by atoms with Crippen LogP contribution in [0.25, 0.3) is 21.1 Å². The zero-order chi connectivity index (χ0) is 22.7. The van der Waals surface area contributed by atoms with Crippen molar-refractivity contribution in [3.05, 3.63) is 83.0 Å². The van der Waals surface area contributed by atoms with E-state index in [9.17, 15) is 4.79 Å². The van der Waals surface area contributed by atoms with E-state index in [1.54, 1.807) is 35.6 Å². The van der Waals surface area contributed by atoms with E-state index in [0.717, 1.165) is 40.5 Å². The number of aromatic nitrogens is 2. The summed E-state index contributed by atoms with van der Waals surface area (Å²) in [6.45, 7) is 6.23. The van der Waals surface area contributed by atoms with Gasteiger partial charge in [0.15, 0.2) is 5.82 Å². The van der Waals surface area contributed by atoms with Gasteiger partial charge in [-0.2, -0.15) is 0 Å². The first kappa shape index (κ1) is 21.7. The van der Waals surface area contributed by atoms with Gasteiger partial charge in [-0.05, 0) is 67.3 Å². The van der Waals surface area contributed by atoms with Gasteiger partial charge in [0.2, 0.25) is 0 Å². The summed E-state index contributed by atoms with van der Waals surface area (Å²) in [5, 5.41) is 12.5. The summed E-state index contributed by atoms with van der Waals surface area (Å²) in [6.07, 6.45) is 1.82. The summed E-state index contributed by atoms with van der Waals surface area (Å²) in [7, 11) is 0. The third kappa shape index (κ3) is 4.55. The molecule has 2 heterocycles. The minimum Gasteiger partial charge on any atom is -0.478 e. The molecular formula is C26H25N3O2S. The van der Waals surface area contributed by atoms with Crippen LogP contribution in [0.1, 0.15) is 41.0 Å². The molecule has 0 saturated heterocycles. The minimum atomic E-state index is -0.941. The van der Waals surface area contributed by atoms with Gasteiger partial charge in [0.05, 0.1) is 10.4 Å². The highest BCUT2D eigenvalue weighted by atomic mass is 32.1. The third-order valence-corrected chi connectivity index (χ3v) is 6.57. The van der Waals surface area contributed by atoms with Crippen molar-refractivity contribution < 1.29 is 9.90 Å². The fourth-order valence-corrected chi connectivity index (χ4v) is 4.53. The van der Waals surface area contributed by atoms with Crippen LogP contribution in [0.15, 0.2) is 60.7 Å². The highest BCUT2D eigenvalue weighted by molar-refractivity contribution is 7.18. The maximum absolute atomic E-state index is 11.1. The number of benzene rings is 2. The van der Waals surface area contributed by atoms with Gasteiger partial charge in [0, 0.05) is 21.8 Å². The van der Waals surface area contributed by atoms with E-state index in [1.165, 1.54) is 16.0 Å². The monoisotopic (exact) mass is 443 g/mol. The lowest BCUT2D eigenvalue weighted by Crippen LogP contribution is -2.05. The molecule has 0 aliphatic carbocycles. The van der Waals surface area contributed by atoms with Crippen molar-refractivity contribution in [2.75, 3.05) is 5.32 Å². The number of nitrogens with one attached hydrogen (secondary N) is 1. The molecule has 4 aromatic rings. The lowest BCUT2D eigenvalue weighted by atomic mass is 10.1. The molecule has 2 aromatic carbocycles. The largest absolute Gasteiger partial charge is 0.478 e. The summed E-state index contributed by atoms with van der Waals surface area (Å²) < 4.78 is 0. The zero-order valence-electron chi connectivity index (χ0n) is 18.3. The topological polar surface area (TPSA) is 75.1 Å². The molecule has 0 amide bonds. The van der Waals surface area contributed by atoms with Gasteiger partial charge in [0.25, 0.3) is 0 Å². The number of carboxylic acid groups (broad SMARTS) is 1. The van der Waals surface area contributed by atoms with Crippen LogP contribution >= 0.6 is 11.3 Å². The van der Waals surface area contributed by atoms with E-state index in [-0.39, 0.29) is 5.56 Å². The van der Waals surface area contributed by atoms with Crippen molar-refractivity contribution in [1.82, 2.24) is 9.97 Å². The molecule has 5 nitrogen and oxygen atoms in total. The van der Waals surface area contributed by atoms with Crippen LogP contribution in [0.3, 0.4) is 0 Å². The summed E-state index contributed by atoms with van der Waals surface area (Å²) in [5.74, 6) is 0.495. The van der Waals surface area contributed by atoms with Gasteiger partial charge in [-0.15, -0.1) is 11.3 Å². The normalized spacial score (nSPS) is 10.8. The number of hydrogen-bond acceptors (Lipinski definition) is 5. The lowest BCUT2D eigenvalue weighted by molar-refractivity contribution is 0.0697. The van der Waals surface area contributed by atoms with E-state index < -0.39 is 5.97 Å². The molecular weight excluding hydrogens is 418 g/mol. The molecule has 0 fully saturated rings. The maximum atomic E-state index is 11.1. The minimum absolute atomic E-state index is 0.254. The number of aryl methyl sites for hydroxylation is 2. The van der Waals surface area contributed by atoms with Crippen molar-refractivity contribution in [3.63, 3.8) is 0 Å². The fraction of sp³-hybridized carbons (Fsp3) is 0.192. The number of anilines is 2. The lowest BCUT2D eigenvalue weighted by Gasteiger charge is -2.13. The SMILES string of the molecule is CCc1ccc(-c2ccc(-c3nc(C)c(CC)c(Nc4ccc(C(=O)O)cc4)n3)s2)cc1. The summed E-state index contributed by atoms with van der Waals surface area (Å²) in [4.78, 5) is 22.9. The molecule has 0 saturated carbocycles. The van der Waals surface area contributed by atoms with Crippen LogP contribution < -0.4 is 5.32 Å². The molecule has 0 aliphatic rings. The Morgan fingerprint density at radius 1 is 0.906 bits per heavy atom. The van der Waals surface area contributed by atoms with Crippen molar-refractivity contribution >= 4 is 28.8 Å². The van der Waals surface area contributed by atoms with Crippen molar-refractivity contribution in [3.8, 4) is 21.1 Å². The third-order valence-electron chi connectivity index (χ3n) is 5.44. The van der Waals surface area contributed by atoms with Gasteiger partial charge < -0.3 is 10.4 Å². The quantitative estimate of drug-likeness (QED) is 0.330. The van der Waals surface area contributed by atoms with E-state index in [1.807, 2.05) is 6.92 Å². The number of hydrogen-bond donors (Lipinski definition) is 2. The first-order chi connectivity index (χ1) is 15.5. The number of rotatable bonds is 7. The van der Waals surface area contributed by atoms with E-state index in [4.69, 9.17) is 15.1 Å². The zero-order valence-corrected chi connectivity index (χ0v) is 19.2. The van der Waals surface area contributed by atoms with Crippen LogP contribution in [-0.2, 0) is 12.8 Å². The van der Waals surface area contributed by atoms with Crippen LogP contribution in [0, 0.1) is 6.92 Å². The highest BCUT2D eigenvalue weighted by Crippen LogP contribution is 2.34. The second kappa shape index (κ2) is 9.32. The first-order valence-corrected chi connectivity index (χ1v) is 11.5. The van der Waals surface area contributed by atoms with Crippen molar-refractivity contribution in [2.24, 2.45) is 0 Å². The summed E-state index contributed by atoms with van der Waals surface area (Å²) in [5.41, 5.74) is 5.54. The molecule has 0 bridgehead atoms. The summed E-state index contributed by atoms with van der Waals surface area (Å²) in [6, 6.07) is 19.5. The predicted octanol–water partition coefficient (Wildman–Crippen LogP) is 6.75. The summed E-state index contributed by atoms with van der Waals surface area (Å²) >= 11 is 1.68. The molecule has 2 aromatic heterocycles. The Hall–Kier alpha value is -3.51. The van der Waals surface area contributed by atoms with Gasteiger partial charge in [0.1, 0.15) is 5.82 Å². The number of carbonyl (C=O) groups is 1. The van der Waals surface area contributed by atoms with Gasteiger partial charge in [-0.3, -0.25) is 0 Å². The Morgan fingerprint density at radius 2 is 1.59 bits per heavy atom. The average Bonchev–Trinajstić information content (AvgIpc) is 3.30. The van der Waals surface area contributed by atoms with Gasteiger partial charge in [-0.25, -0.2) is 14.8 Å². The van der Waals surface area contributed by atoms with Crippen molar-refractivity contribution in [2.45, 2.75) is 33.6 Å². The molecule has 0 atom stereocenters. The molecule has 4 rings (SSSR count). The van der Waals surface area contributed by atoms with E-state index in [0.29, 0.717) is 5.82 Å². The molecule has 162 valence electrons. The molecule has 0 aliphatic heterocycles. The Kier molecular flexibility index (Phi) is 6.32. The predicted molar refractivity (Wildman–Crippen MR) is 131 cm³/mol. The van der Waals surface area contributed by atoms with Gasteiger partial charge in [-0.1, -0.05) is 38.1 Å².